The Morgan fingerprint density at radius 2 is 1.67 bits per heavy atom. The van der Waals surface area contributed by atoms with E-state index < -0.39 is 0 Å². The molecule has 0 aromatic heterocycles. The molecule has 0 saturated carbocycles. The molecule has 2 nitrogen and oxygen atoms in total. The minimum atomic E-state index is -0.306. The first kappa shape index (κ1) is 12.4. The third kappa shape index (κ3) is 2.59. The first-order valence-corrected chi connectivity index (χ1v) is 5.93. The third-order valence-corrected chi connectivity index (χ3v) is 2.90. The summed E-state index contributed by atoms with van der Waals surface area (Å²) in [5.41, 5.74) is 3.66. The second-order valence-electron chi connectivity index (χ2n) is 4.47. The van der Waals surface area contributed by atoms with Gasteiger partial charge in [-0.25, -0.2) is 4.79 Å². The van der Waals surface area contributed by atoms with Gasteiger partial charge in [-0.15, -0.1) is 0 Å². The quantitative estimate of drug-likeness (QED) is 0.589. The van der Waals surface area contributed by atoms with E-state index in [9.17, 15) is 4.79 Å². The van der Waals surface area contributed by atoms with Crippen molar-refractivity contribution in [1.82, 2.24) is 0 Å². The van der Waals surface area contributed by atoms with E-state index in [1.807, 2.05) is 57.2 Å². The van der Waals surface area contributed by atoms with Crippen LogP contribution in [0.2, 0.25) is 0 Å². The highest BCUT2D eigenvalue weighted by Crippen LogP contribution is 2.20. The summed E-state index contributed by atoms with van der Waals surface area (Å²) < 4.78 is 5.43. The zero-order valence-electron chi connectivity index (χ0n) is 10.9. The fraction of sp³-hybridized carbons (Fsp3) is 0.188. The highest BCUT2D eigenvalue weighted by atomic mass is 16.5. The van der Waals surface area contributed by atoms with Gasteiger partial charge in [0.15, 0.2) is 0 Å². The normalized spacial score (nSPS) is 10.2. The van der Waals surface area contributed by atoms with E-state index in [0.29, 0.717) is 11.3 Å². The molecule has 0 heterocycles. The van der Waals surface area contributed by atoms with Crippen LogP contribution >= 0.6 is 0 Å². The predicted octanol–water partition coefficient (Wildman–Crippen LogP) is 3.83. The van der Waals surface area contributed by atoms with Crippen molar-refractivity contribution in [3.63, 3.8) is 0 Å². The Morgan fingerprint density at radius 1 is 0.944 bits per heavy atom. The van der Waals surface area contributed by atoms with Crippen LogP contribution in [-0.2, 0) is 0 Å². The van der Waals surface area contributed by atoms with Gasteiger partial charge < -0.3 is 4.74 Å². The van der Waals surface area contributed by atoms with E-state index in [4.69, 9.17) is 4.74 Å². The van der Waals surface area contributed by atoms with Gasteiger partial charge in [0.2, 0.25) is 0 Å². The summed E-state index contributed by atoms with van der Waals surface area (Å²) >= 11 is 0. The zero-order chi connectivity index (χ0) is 13.1. The van der Waals surface area contributed by atoms with Gasteiger partial charge in [-0.1, -0.05) is 35.9 Å². The maximum Gasteiger partial charge on any atom is 0.343 e. The van der Waals surface area contributed by atoms with Crippen molar-refractivity contribution in [1.29, 1.82) is 0 Å². The summed E-state index contributed by atoms with van der Waals surface area (Å²) in [6, 6.07) is 13.2. The SMILES string of the molecule is Cc1ccc(OC(=O)c2ccccc2C)c(C)c1. The Bertz CT molecular complexity index is 585. The Labute approximate surface area is 107 Å². The number of rotatable bonds is 2. The Balaban J connectivity index is 2.24. The predicted molar refractivity (Wildman–Crippen MR) is 72.1 cm³/mol. The molecule has 0 aliphatic rings. The molecule has 0 unspecified atom stereocenters. The lowest BCUT2D eigenvalue weighted by Crippen LogP contribution is -2.10. The molecule has 2 aromatic rings. The van der Waals surface area contributed by atoms with E-state index >= 15 is 0 Å². The smallest absolute Gasteiger partial charge is 0.343 e. The first-order valence-electron chi connectivity index (χ1n) is 5.93. The molecule has 92 valence electrons. The van der Waals surface area contributed by atoms with Gasteiger partial charge in [-0.2, -0.15) is 0 Å². The fourth-order valence-corrected chi connectivity index (χ4v) is 1.87. The molecule has 0 radical (unpaired) electrons. The lowest BCUT2D eigenvalue weighted by Gasteiger charge is -2.09. The molecule has 0 N–H and O–H groups in total. The molecule has 2 heteroatoms. The van der Waals surface area contributed by atoms with Crippen LogP contribution in [0.25, 0.3) is 0 Å². The molecule has 0 fully saturated rings. The molecular weight excluding hydrogens is 224 g/mol. The first-order chi connectivity index (χ1) is 8.58. The van der Waals surface area contributed by atoms with E-state index in [-0.39, 0.29) is 5.97 Å². The van der Waals surface area contributed by atoms with Gasteiger partial charge in [0.25, 0.3) is 0 Å². The number of carbonyl (C=O) groups excluding carboxylic acids is 1. The molecule has 0 amide bonds. The van der Waals surface area contributed by atoms with Crippen LogP contribution in [-0.4, -0.2) is 5.97 Å². The zero-order valence-corrected chi connectivity index (χ0v) is 10.9. The molecular formula is C16H16O2. The summed E-state index contributed by atoms with van der Waals surface area (Å²) in [6.07, 6.45) is 0. The molecule has 2 rings (SSSR count). The van der Waals surface area contributed by atoms with Gasteiger partial charge in [0.1, 0.15) is 5.75 Å². The average molecular weight is 240 g/mol. The standard InChI is InChI=1S/C16H16O2/c1-11-8-9-15(13(3)10-11)18-16(17)14-7-5-4-6-12(14)2/h4-10H,1-3H3. The van der Waals surface area contributed by atoms with Crippen LogP contribution in [0.5, 0.6) is 5.75 Å². The van der Waals surface area contributed by atoms with Gasteiger partial charge in [0, 0.05) is 0 Å². The lowest BCUT2D eigenvalue weighted by molar-refractivity contribution is 0.0733. The summed E-state index contributed by atoms with van der Waals surface area (Å²) in [4.78, 5) is 12.0. The van der Waals surface area contributed by atoms with Crippen LogP contribution in [0, 0.1) is 20.8 Å². The van der Waals surface area contributed by atoms with Gasteiger partial charge in [0.05, 0.1) is 5.56 Å². The highest BCUT2D eigenvalue weighted by molar-refractivity contribution is 5.92. The summed E-state index contributed by atoms with van der Waals surface area (Å²) in [5.74, 6) is 0.314. The van der Waals surface area contributed by atoms with Crippen LogP contribution in [0.15, 0.2) is 42.5 Å². The van der Waals surface area contributed by atoms with Gasteiger partial charge >= 0.3 is 5.97 Å². The summed E-state index contributed by atoms with van der Waals surface area (Å²) in [5, 5.41) is 0. The van der Waals surface area contributed by atoms with Crippen LogP contribution in [0.1, 0.15) is 27.0 Å². The van der Waals surface area contributed by atoms with E-state index in [2.05, 4.69) is 0 Å². The number of hydrogen-bond acceptors (Lipinski definition) is 2. The van der Waals surface area contributed by atoms with Crippen LogP contribution in [0.3, 0.4) is 0 Å². The number of aryl methyl sites for hydroxylation is 3. The van der Waals surface area contributed by atoms with Crippen molar-refractivity contribution in [3.8, 4) is 5.75 Å². The highest BCUT2D eigenvalue weighted by Gasteiger charge is 2.12. The Hall–Kier alpha value is -2.09. The average Bonchev–Trinajstić information content (AvgIpc) is 2.33. The van der Waals surface area contributed by atoms with Crippen LogP contribution in [0.4, 0.5) is 0 Å². The second kappa shape index (κ2) is 5.05. The van der Waals surface area contributed by atoms with Crippen molar-refractivity contribution in [2.45, 2.75) is 20.8 Å². The number of benzene rings is 2. The molecule has 0 saturated heterocycles. The largest absolute Gasteiger partial charge is 0.423 e. The number of esters is 1. The minimum absolute atomic E-state index is 0.306. The maximum absolute atomic E-state index is 12.0. The van der Waals surface area contributed by atoms with Crippen molar-refractivity contribution >= 4 is 5.97 Å². The molecule has 0 aliphatic heterocycles. The Morgan fingerprint density at radius 3 is 2.33 bits per heavy atom. The van der Waals surface area contributed by atoms with Crippen molar-refractivity contribution in [2.75, 3.05) is 0 Å². The van der Waals surface area contributed by atoms with E-state index in [1.54, 1.807) is 6.07 Å². The van der Waals surface area contributed by atoms with Crippen molar-refractivity contribution in [3.05, 3.63) is 64.7 Å². The number of carbonyl (C=O) groups is 1. The summed E-state index contributed by atoms with van der Waals surface area (Å²) in [7, 11) is 0. The van der Waals surface area contributed by atoms with Crippen molar-refractivity contribution in [2.24, 2.45) is 0 Å². The monoisotopic (exact) mass is 240 g/mol. The molecule has 18 heavy (non-hydrogen) atoms. The van der Waals surface area contributed by atoms with Crippen molar-refractivity contribution < 1.29 is 9.53 Å². The lowest BCUT2D eigenvalue weighted by atomic mass is 10.1. The minimum Gasteiger partial charge on any atom is -0.423 e. The van der Waals surface area contributed by atoms with Gasteiger partial charge in [-0.05, 0) is 44.0 Å². The van der Waals surface area contributed by atoms with E-state index in [1.165, 1.54) is 0 Å². The molecule has 0 atom stereocenters. The third-order valence-electron chi connectivity index (χ3n) is 2.90. The molecule has 0 aliphatic carbocycles. The van der Waals surface area contributed by atoms with Crippen LogP contribution < -0.4 is 4.74 Å². The number of hydrogen-bond donors (Lipinski definition) is 0. The molecule has 0 bridgehead atoms. The second-order valence-corrected chi connectivity index (χ2v) is 4.47. The fourth-order valence-electron chi connectivity index (χ4n) is 1.87. The topological polar surface area (TPSA) is 26.3 Å². The molecule has 0 spiro atoms. The van der Waals surface area contributed by atoms with E-state index in [0.717, 1.165) is 16.7 Å². The number of ether oxygens (including phenoxy) is 1. The Kier molecular flexibility index (Phi) is 3.47. The summed E-state index contributed by atoms with van der Waals surface area (Å²) in [6.45, 7) is 5.85. The van der Waals surface area contributed by atoms with Gasteiger partial charge in [-0.3, -0.25) is 0 Å². The molecule has 2 aromatic carbocycles. The maximum atomic E-state index is 12.0.